The lowest BCUT2D eigenvalue weighted by atomic mass is 10.1. The van der Waals surface area contributed by atoms with Crippen LogP contribution in [0.3, 0.4) is 0 Å². The summed E-state index contributed by atoms with van der Waals surface area (Å²) < 4.78 is 28.6. The summed E-state index contributed by atoms with van der Waals surface area (Å²) in [7, 11) is -2.77. The molecule has 0 amide bonds. The molecule has 2 rings (SSSR count). The van der Waals surface area contributed by atoms with E-state index in [2.05, 4.69) is 25.5 Å². The fourth-order valence-corrected chi connectivity index (χ4v) is 5.61. The number of hydrogen-bond acceptors (Lipinski definition) is 7. The number of carbonyl (C=O) groups is 2. The van der Waals surface area contributed by atoms with Crippen LogP contribution in [0.15, 0.2) is 18.2 Å². The molecule has 0 aliphatic carbocycles. The molecular formula is C20H30O7Si. The van der Waals surface area contributed by atoms with Gasteiger partial charge in [0, 0.05) is 25.9 Å². The first-order valence-electron chi connectivity index (χ1n) is 10.0. The molecule has 1 heterocycles. The normalized spacial score (nSPS) is 13.5. The predicted octanol–water partition coefficient (Wildman–Crippen LogP) is 3.98. The number of fused-ring (bicyclic) bond motifs is 1. The molecule has 1 aliphatic rings. The van der Waals surface area contributed by atoms with Crippen LogP contribution in [-0.2, 0) is 18.0 Å². The van der Waals surface area contributed by atoms with Gasteiger partial charge < -0.3 is 22.8 Å². The second-order valence-electron chi connectivity index (χ2n) is 6.54. The molecule has 0 atom stereocenters. The summed E-state index contributed by atoms with van der Waals surface area (Å²) in [5.74, 6) is -0.937. The lowest BCUT2D eigenvalue weighted by Gasteiger charge is -2.29. The highest BCUT2D eigenvalue weighted by molar-refractivity contribution is 6.60. The zero-order chi connectivity index (χ0) is 20.4. The van der Waals surface area contributed by atoms with Crippen molar-refractivity contribution in [3.05, 3.63) is 29.3 Å². The van der Waals surface area contributed by atoms with E-state index in [0.717, 1.165) is 19.3 Å². The summed E-state index contributed by atoms with van der Waals surface area (Å²) in [5.41, 5.74) is 0.442. The number of rotatable bonds is 14. The van der Waals surface area contributed by atoms with E-state index in [4.69, 9.17) is 18.0 Å². The summed E-state index contributed by atoms with van der Waals surface area (Å²) in [4.78, 5) is 23.5. The second-order valence-corrected chi connectivity index (χ2v) is 9.27. The molecule has 0 aromatic heterocycles. The van der Waals surface area contributed by atoms with Crippen molar-refractivity contribution in [3.63, 3.8) is 0 Å². The number of carbonyl (C=O) groups excluding carboxylic acids is 2. The minimum absolute atomic E-state index is 0.197. The predicted molar refractivity (Wildman–Crippen MR) is 106 cm³/mol. The molecule has 0 bridgehead atoms. The second kappa shape index (κ2) is 11.3. The van der Waals surface area contributed by atoms with E-state index in [9.17, 15) is 9.59 Å². The number of ether oxygens (including phenoxy) is 2. The highest BCUT2D eigenvalue weighted by atomic mass is 28.4. The van der Waals surface area contributed by atoms with Gasteiger partial charge in [-0.1, -0.05) is 26.8 Å². The van der Waals surface area contributed by atoms with Gasteiger partial charge in [-0.05, 0) is 37.8 Å². The van der Waals surface area contributed by atoms with Crippen molar-refractivity contribution in [3.8, 4) is 5.75 Å². The minimum atomic E-state index is -2.77. The maximum atomic E-state index is 11.9. The van der Waals surface area contributed by atoms with Crippen LogP contribution in [0, 0.1) is 0 Å². The SMILES string of the molecule is CCCO[Si](CCCOc1cccc2c1C(=O)OC2=O)(OCCC)OCCC. The van der Waals surface area contributed by atoms with E-state index in [1.54, 1.807) is 18.2 Å². The number of benzene rings is 1. The van der Waals surface area contributed by atoms with Gasteiger partial charge in [-0.15, -0.1) is 0 Å². The van der Waals surface area contributed by atoms with Crippen molar-refractivity contribution in [1.29, 1.82) is 0 Å². The molecular weight excluding hydrogens is 380 g/mol. The van der Waals surface area contributed by atoms with Gasteiger partial charge >= 0.3 is 20.7 Å². The van der Waals surface area contributed by atoms with E-state index >= 15 is 0 Å². The van der Waals surface area contributed by atoms with Gasteiger partial charge in [0.15, 0.2) is 0 Å². The molecule has 156 valence electrons. The fraction of sp³-hybridized carbons (Fsp3) is 0.600. The third-order valence-corrected chi connectivity index (χ3v) is 7.00. The average molecular weight is 411 g/mol. The van der Waals surface area contributed by atoms with Gasteiger partial charge in [-0.3, -0.25) is 0 Å². The quantitative estimate of drug-likeness (QED) is 0.199. The average Bonchev–Trinajstić information content (AvgIpc) is 3.00. The van der Waals surface area contributed by atoms with Crippen LogP contribution in [0.25, 0.3) is 0 Å². The molecule has 0 fully saturated rings. The monoisotopic (exact) mass is 410 g/mol. The zero-order valence-electron chi connectivity index (χ0n) is 17.0. The Bertz CT molecular complexity index is 640. The summed E-state index contributed by atoms with van der Waals surface area (Å²) in [6, 6.07) is 5.53. The van der Waals surface area contributed by atoms with Gasteiger partial charge in [0.05, 0.1) is 12.2 Å². The molecule has 1 aromatic rings. The van der Waals surface area contributed by atoms with E-state index < -0.39 is 20.7 Å². The third-order valence-electron chi connectivity index (χ3n) is 4.10. The smallest absolute Gasteiger partial charge is 0.493 e. The lowest BCUT2D eigenvalue weighted by molar-refractivity contribution is 0.0441. The van der Waals surface area contributed by atoms with Crippen LogP contribution in [0.2, 0.25) is 6.04 Å². The van der Waals surface area contributed by atoms with E-state index in [1.165, 1.54) is 0 Å². The minimum Gasteiger partial charge on any atom is -0.493 e. The first-order chi connectivity index (χ1) is 13.6. The first kappa shape index (κ1) is 22.5. The highest BCUT2D eigenvalue weighted by Crippen LogP contribution is 2.29. The molecule has 0 spiro atoms. The molecule has 1 aliphatic heterocycles. The van der Waals surface area contributed by atoms with E-state index in [0.29, 0.717) is 44.6 Å². The van der Waals surface area contributed by atoms with Gasteiger partial charge in [0.2, 0.25) is 0 Å². The third kappa shape index (κ3) is 5.87. The standard InChI is InChI=1S/C20H30O7Si/c1-4-11-24-28(25-12-5-2,26-13-6-3)15-8-14-23-17-10-7-9-16-18(17)20(22)27-19(16)21/h7,9-10H,4-6,8,11-15H2,1-3H3. The Hall–Kier alpha value is -1.74. The van der Waals surface area contributed by atoms with Gasteiger partial charge in [-0.25, -0.2) is 9.59 Å². The molecule has 1 aromatic carbocycles. The van der Waals surface area contributed by atoms with E-state index in [-0.39, 0.29) is 11.1 Å². The largest absolute Gasteiger partial charge is 0.501 e. The van der Waals surface area contributed by atoms with Crippen molar-refractivity contribution >= 4 is 20.7 Å². The fourth-order valence-electron chi connectivity index (χ4n) is 2.81. The van der Waals surface area contributed by atoms with Crippen molar-refractivity contribution in [2.45, 2.75) is 52.5 Å². The summed E-state index contributed by atoms with van der Waals surface area (Å²) >= 11 is 0. The van der Waals surface area contributed by atoms with Crippen molar-refractivity contribution < 1.29 is 32.3 Å². The van der Waals surface area contributed by atoms with E-state index in [1.807, 2.05) is 0 Å². The topological polar surface area (TPSA) is 80.3 Å². The lowest BCUT2D eigenvalue weighted by Crippen LogP contribution is -2.46. The van der Waals surface area contributed by atoms with Gasteiger partial charge in [0.1, 0.15) is 11.3 Å². The van der Waals surface area contributed by atoms with Crippen LogP contribution in [0.5, 0.6) is 5.75 Å². The van der Waals surface area contributed by atoms with Crippen molar-refractivity contribution in [2.24, 2.45) is 0 Å². The molecule has 0 N–H and O–H groups in total. The van der Waals surface area contributed by atoms with Crippen LogP contribution < -0.4 is 4.74 Å². The van der Waals surface area contributed by atoms with Crippen LogP contribution in [0.1, 0.15) is 67.2 Å². The summed E-state index contributed by atoms with van der Waals surface area (Å²) in [6.07, 6.45) is 3.32. The van der Waals surface area contributed by atoms with Crippen molar-refractivity contribution in [2.75, 3.05) is 26.4 Å². The Labute approximate surface area is 167 Å². The molecule has 0 unspecified atom stereocenters. The Morgan fingerprint density at radius 1 is 0.857 bits per heavy atom. The molecule has 28 heavy (non-hydrogen) atoms. The number of cyclic esters (lactones) is 2. The Balaban J connectivity index is 1.98. The number of hydrogen-bond donors (Lipinski definition) is 0. The van der Waals surface area contributed by atoms with Crippen LogP contribution >= 0.6 is 0 Å². The molecule has 0 radical (unpaired) electrons. The molecule has 0 saturated heterocycles. The zero-order valence-corrected chi connectivity index (χ0v) is 18.0. The first-order valence-corrected chi connectivity index (χ1v) is 11.9. The Kier molecular flexibility index (Phi) is 9.10. The number of esters is 2. The Morgan fingerprint density at radius 2 is 1.46 bits per heavy atom. The maximum Gasteiger partial charge on any atom is 0.501 e. The van der Waals surface area contributed by atoms with Gasteiger partial charge in [0.25, 0.3) is 0 Å². The molecule has 0 saturated carbocycles. The van der Waals surface area contributed by atoms with Crippen LogP contribution in [-0.4, -0.2) is 47.2 Å². The van der Waals surface area contributed by atoms with Crippen LogP contribution in [0.4, 0.5) is 0 Å². The highest BCUT2D eigenvalue weighted by Gasteiger charge is 2.40. The van der Waals surface area contributed by atoms with Gasteiger partial charge in [-0.2, -0.15) is 0 Å². The molecule has 8 heteroatoms. The molecule has 7 nitrogen and oxygen atoms in total. The summed E-state index contributed by atoms with van der Waals surface area (Å²) in [6.45, 7) is 8.31. The Morgan fingerprint density at radius 3 is 2.04 bits per heavy atom. The summed E-state index contributed by atoms with van der Waals surface area (Å²) in [5, 5.41) is 0. The maximum absolute atomic E-state index is 11.9. The van der Waals surface area contributed by atoms with Crippen molar-refractivity contribution in [1.82, 2.24) is 0 Å².